The Morgan fingerprint density at radius 1 is 1.07 bits per heavy atom. The second-order valence-electron chi connectivity index (χ2n) is 6.66. The standard InChI is InChI=1S/C23H17ClN2O4/c1-30-18-7-5-15(6-8-18)21(27)19-20(14-9-11-25-12-10-14)26(23(29)22(19)28)17-4-2-3-16(24)13-17/h2-13,20,27H,1H3/b21-19+. The number of aromatic nitrogens is 1. The molecule has 3 aromatic rings. The highest BCUT2D eigenvalue weighted by atomic mass is 35.5. The zero-order valence-corrected chi connectivity index (χ0v) is 16.7. The van der Waals surface area contributed by atoms with Gasteiger partial charge in [0.25, 0.3) is 11.7 Å². The first-order chi connectivity index (χ1) is 14.5. The number of rotatable bonds is 4. The van der Waals surface area contributed by atoms with Gasteiger partial charge in [-0.1, -0.05) is 17.7 Å². The molecule has 0 aliphatic carbocycles. The molecule has 0 spiro atoms. The van der Waals surface area contributed by atoms with Gasteiger partial charge < -0.3 is 9.84 Å². The number of aliphatic hydroxyl groups excluding tert-OH is 1. The lowest BCUT2D eigenvalue weighted by molar-refractivity contribution is -0.132. The molecular weight excluding hydrogens is 404 g/mol. The smallest absolute Gasteiger partial charge is 0.300 e. The molecule has 7 heteroatoms. The molecule has 1 saturated heterocycles. The van der Waals surface area contributed by atoms with Crippen LogP contribution in [0.5, 0.6) is 5.75 Å². The summed E-state index contributed by atoms with van der Waals surface area (Å²) < 4.78 is 5.14. The minimum absolute atomic E-state index is 0.00339. The second-order valence-corrected chi connectivity index (χ2v) is 7.09. The lowest BCUT2D eigenvalue weighted by Crippen LogP contribution is -2.29. The number of hydrogen-bond acceptors (Lipinski definition) is 5. The third-order valence-electron chi connectivity index (χ3n) is 4.92. The van der Waals surface area contributed by atoms with Gasteiger partial charge in [0.1, 0.15) is 11.5 Å². The fraction of sp³-hybridized carbons (Fsp3) is 0.0870. The number of amides is 1. The Morgan fingerprint density at radius 3 is 2.40 bits per heavy atom. The predicted molar refractivity (Wildman–Crippen MR) is 113 cm³/mol. The van der Waals surface area contributed by atoms with Crippen molar-refractivity contribution in [2.24, 2.45) is 0 Å². The summed E-state index contributed by atoms with van der Waals surface area (Å²) in [6.45, 7) is 0. The lowest BCUT2D eigenvalue weighted by atomic mass is 9.96. The van der Waals surface area contributed by atoms with Crippen molar-refractivity contribution in [1.29, 1.82) is 0 Å². The minimum Gasteiger partial charge on any atom is -0.507 e. The normalized spacial score (nSPS) is 17.9. The van der Waals surface area contributed by atoms with E-state index in [1.807, 2.05) is 0 Å². The molecule has 4 rings (SSSR count). The van der Waals surface area contributed by atoms with Gasteiger partial charge in [-0.15, -0.1) is 0 Å². The molecule has 30 heavy (non-hydrogen) atoms. The first kappa shape index (κ1) is 19.7. The fourth-order valence-corrected chi connectivity index (χ4v) is 3.67. The van der Waals surface area contributed by atoms with E-state index in [0.717, 1.165) is 0 Å². The average Bonchev–Trinajstić information content (AvgIpc) is 3.04. The van der Waals surface area contributed by atoms with Gasteiger partial charge in [-0.2, -0.15) is 0 Å². The van der Waals surface area contributed by atoms with Crippen LogP contribution in [0.3, 0.4) is 0 Å². The predicted octanol–water partition coefficient (Wildman–Crippen LogP) is 4.37. The number of aliphatic hydroxyl groups is 1. The zero-order chi connectivity index (χ0) is 21.3. The molecule has 6 nitrogen and oxygen atoms in total. The van der Waals surface area contributed by atoms with E-state index in [4.69, 9.17) is 16.3 Å². The van der Waals surface area contributed by atoms with Crippen molar-refractivity contribution in [3.8, 4) is 5.75 Å². The van der Waals surface area contributed by atoms with E-state index in [2.05, 4.69) is 4.98 Å². The highest BCUT2D eigenvalue weighted by molar-refractivity contribution is 6.51. The van der Waals surface area contributed by atoms with Crippen LogP contribution in [0.2, 0.25) is 5.02 Å². The number of anilines is 1. The maximum Gasteiger partial charge on any atom is 0.300 e. The van der Waals surface area contributed by atoms with Gasteiger partial charge in [0.05, 0.1) is 18.7 Å². The van der Waals surface area contributed by atoms with Gasteiger partial charge in [-0.3, -0.25) is 19.5 Å². The number of ketones is 1. The van der Waals surface area contributed by atoms with E-state index >= 15 is 0 Å². The van der Waals surface area contributed by atoms with Crippen LogP contribution >= 0.6 is 11.6 Å². The van der Waals surface area contributed by atoms with Crippen LogP contribution in [0.4, 0.5) is 5.69 Å². The molecule has 150 valence electrons. The van der Waals surface area contributed by atoms with E-state index in [9.17, 15) is 14.7 Å². The molecule has 0 saturated carbocycles. The number of halogens is 1. The molecule has 1 aromatic heterocycles. The highest BCUT2D eigenvalue weighted by Crippen LogP contribution is 2.42. The zero-order valence-electron chi connectivity index (χ0n) is 15.9. The van der Waals surface area contributed by atoms with Crippen LogP contribution in [0.25, 0.3) is 5.76 Å². The van der Waals surface area contributed by atoms with E-state index in [0.29, 0.717) is 27.6 Å². The number of hydrogen-bond donors (Lipinski definition) is 1. The first-order valence-corrected chi connectivity index (χ1v) is 9.50. The number of benzene rings is 2. The topological polar surface area (TPSA) is 79.7 Å². The quantitative estimate of drug-likeness (QED) is 0.385. The van der Waals surface area contributed by atoms with E-state index < -0.39 is 17.7 Å². The Balaban J connectivity index is 1.92. The summed E-state index contributed by atoms with van der Waals surface area (Å²) in [5.41, 5.74) is 1.50. The monoisotopic (exact) mass is 420 g/mol. The third kappa shape index (κ3) is 3.42. The van der Waals surface area contributed by atoms with Crippen LogP contribution in [0.1, 0.15) is 17.2 Å². The Bertz CT molecular complexity index is 1140. The number of carbonyl (C=O) groups excluding carboxylic acids is 2. The van der Waals surface area contributed by atoms with Gasteiger partial charge in [0.2, 0.25) is 0 Å². The molecule has 1 N–H and O–H groups in total. The van der Waals surface area contributed by atoms with Crippen LogP contribution < -0.4 is 9.64 Å². The number of carbonyl (C=O) groups is 2. The van der Waals surface area contributed by atoms with Gasteiger partial charge in [-0.05, 0) is 60.2 Å². The van der Waals surface area contributed by atoms with E-state index in [1.165, 1.54) is 12.0 Å². The van der Waals surface area contributed by atoms with Crippen LogP contribution in [-0.2, 0) is 9.59 Å². The summed E-state index contributed by atoms with van der Waals surface area (Å²) in [4.78, 5) is 31.4. The SMILES string of the molecule is COc1ccc(/C(O)=C2\C(=O)C(=O)N(c3cccc(Cl)c3)C2c2ccncc2)cc1. The Morgan fingerprint density at radius 2 is 1.77 bits per heavy atom. The largest absolute Gasteiger partial charge is 0.507 e. The van der Waals surface area contributed by atoms with E-state index in [-0.39, 0.29) is 11.3 Å². The number of pyridine rings is 1. The summed E-state index contributed by atoms with van der Waals surface area (Å²) in [5.74, 6) is -1.17. The third-order valence-corrected chi connectivity index (χ3v) is 5.15. The number of nitrogens with zero attached hydrogens (tertiary/aromatic N) is 2. The molecule has 1 atom stereocenters. The molecular formula is C23H17ClN2O4. The van der Waals surface area contributed by atoms with Crippen molar-refractivity contribution in [2.75, 3.05) is 12.0 Å². The van der Waals surface area contributed by atoms with Crippen molar-refractivity contribution in [2.45, 2.75) is 6.04 Å². The van der Waals surface area contributed by atoms with Crippen molar-refractivity contribution in [3.05, 3.63) is 94.8 Å². The second kappa shape index (κ2) is 8.00. The lowest BCUT2D eigenvalue weighted by Gasteiger charge is -2.25. The summed E-state index contributed by atoms with van der Waals surface area (Å²) in [6, 6.07) is 15.9. The molecule has 0 bridgehead atoms. The van der Waals surface area contributed by atoms with Crippen molar-refractivity contribution >= 4 is 34.7 Å². The Labute approximate surface area is 178 Å². The first-order valence-electron chi connectivity index (χ1n) is 9.12. The van der Waals surface area contributed by atoms with Crippen molar-refractivity contribution in [1.82, 2.24) is 4.98 Å². The number of ether oxygens (including phenoxy) is 1. The molecule has 1 fully saturated rings. The van der Waals surface area contributed by atoms with Crippen LogP contribution in [-0.4, -0.2) is 28.9 Å². The molecule has 1 amide bonds. The van der Waals surface area contributed by atoms with Crippen LogP contribution in [0.15, 0.2) is 78.6 Å². The number of Topliss-reactive ketones (excluding diaryl/α,β-unsaturated/α-hetero) is 1. The Kier molecular flexibility index (Phi) is 5.25. The Hall–Kier alpha value is -3.64. The van der Waals surface area contributed by atoms with Gasteiger partial charge in [0, 0.05) is 28.7 Å². The average molecular weight is 421 g/mol. The molecule has 2 heterocycles. The summed E-state index contributed by atoms with van der Waals surface area (Å²) in [6.07, 6.45) is 3.14. The minimum atomic E-state index is -0.825. The van der Waals surface area contributed by atoms with Crippen molar-refractivity contribution in [3.63, 3.8) is 0 Å². The van der Waals surface area contributed by atoms with Gasteiger partial charge >= 0.3 is 0 Å². The molecule has 1 aliphatic heterocycles. The summed E-state index contributed by atoms with van der Waals surface area (Å²) >= 11 is 6.12. The van der Waals surface area contributed by atoms with E-state index in [1.54, 1.807) is 73.1 Å². The highest BCUT2D eigenvalue weighted by Gasteiger charge is 2.47. The maximum absolute atomic E-state index is 13.0. The molecule has 2 aromatic carbocycles. The fourth-order valence-electron chi connectivity index (χ4n) is 3.49. The summed E-state index contributed by atoms with van der Waals surface area (Å²) in [7, 11) is 1.54. The van der Waals surface area contributed by atoms with Gasteiger partial charge in [0.15, 0.2) is 0 Å². The van der Waals surface area contributed by atoms with Crippen LogP contribution in [0, 0.1) is 0 Å². The molecule has 1 unspecified atom stereocenters. The molecule has 0 radical (unpaired) electrons. The van der Waals surface area contributed by atoms with Crippen molar-refractivity contribution < 1.29 is 19.4 Å². The molecule has 1 aliphatic rings. The summed E-state index contributed by atoms with van der Waals surface area (Å²) in [5, 5.41) is 11.4. The van der Waals surface area contributed by atoms with Gasteiger partial charge in [-0.25, -0.2) is 0 Å². The number of methoxy groups -OCH3 is 1. The maximum atomic E-state index is 13.0.